The summed E-state index contributed by atoms with van der Waals surface area (Å²) in [5, 5.41) is 5.19. The highest BCUT2D eigenvalue weighted by Gasteiger charge is 2.31. The molecule has 1 aliphatic carbocycles. The molecular weight excluding hydrogens is 414 g/mol. The number of hydrogen-bond donors (Lipinski definition) is 2. The molecule has 1 heterocycles. The van der Waals surface area contributed by atoms with Gasteiger partial charge in [0, 0.05) is 32.2 Å². The smallest absolute Gasteiger partial charge is 0.321 e. The van der Waals surface area contributed by atoms with Crippen LogP contribution < -0.4 is 10.6 Å². The largest absolute Gasteiger partial charge is 0.335 e. The number of piperazine rings is 1. The maximum atomic E-state index is 13.5. The number of amides is 3. The molecule has 32 heavy (non-hydrogen) atoms. The number of rotatable bonds is 6. The molecule has 8 heteroatoms. The van der Waals surface area contributed by atoms with E-state index in [1.807, 2.05) is 4.90 Å². The van der Waals surface area contributed by atoms with Crippen molar-refractivity contribution in [3.63, 3.8) is 0 Å². The second-order valence-corrected chi connectivity index (χ2v) is 8.49. The number of benzene rings is 2. The number of carbonyl (C=O) groups excluding carboxylic acids is 2. The molecule has 170 valence electrons. The molecule has 2 aromatic rings. The van der Waals surface area contributed by atoms with Gasteiger partial charge in [0.2, 0.25) is 5.91 Å². The molecule has 0 radical (unpaired) electrons. The zero-order valence-electron chi connectivity index (χ0n) is 18.1. The minimum absolute atomic E-state index is 0.146. The molecule has 0 bridgehead atoms. The minimum atomic E-state index is -0.435. The average Bonchev–Trinajstić information content (AvgIpc) is 3.60. The van der Waals surface area contributed by atoms with Crippen LogP contribution >= 0.6 is 0 Å². The fourth-order valence-corrected chi connectivity index (χ4v) is 4.12. The van der Waals surface area contributed by atoms with Crippen LogP contribution in [-0.2, 0) is 4.79 Å². The van der Waals surface area contributed by atoms with E-state index in [0.29, 0.717) is 26.2 Å². The van der Waals surface area contributed by atoms with E-state index in [4.69, 9.17) is 0 Å². The third kappa shape index (κ3) is 5.49. The van der Waals surface area contributed by atoms with Crippen molar-refractivity contribution < 1.29 is 18.4 Å². The number of hydrogen-bond acceptors (Lipinski definition) is 4. The Labute approximate surface area is 186 Å². The molecule has 1 saturated carbocycles. The van der Waals surface area contributed by atoms with Crippen molar-refractivity contribution in [1.29, 1.82) is 0 Å². The first kappa shape index (κ1) is 22.4. The van der Waals surface area contributed by atoms with Crippen molar-refractivity contribution >= 4 is 11.9 Å². The minimum Gasteiger partial charge on any atom is -0.335 e. The van der Waals surface area contributed by atoms with Gasteiger partial charge in [-0.3, -0.25) is 19.9 Å². The van der Waals surface area contributed by atoms with Crippen LogP contribution in [0.1, 0.15) is 36.9 Å². The fourth-order valence-electron chi connectivity index (χ4n) is 4.12. The molecule has 6 nitrogen and oxygen atoms in total. The SMILES string of the molecule is CC(C(=O)NC(=O)NC1CC1)N1CCN(C(c2ccc(F)cc2)c2ccc(F)cc2)CC1. The van der Waals surface area contributed by atoms with Crippen molar-refractivity contribution in [3.8, 4) is 0 Å². The topological polar surface area (TPSA) is 64.7 Å². The maximum absolute atomic E-state index is 13.5. The molecule has 0 spiro atoms. The molecule has 2 aromatic carbocycles. The molecule has 1 aliphatic heterocycles. The Balaban J connectivity index is 1.41. The molecule has 1 unspecified atom stereocenters. The van der Waals surface area contributed by atoms with Gasteiger partial charge >= 0.3 is 6.03 Å². The van der Waals surface area contributed by atoms with Crippen LogP contribution in [0.15, 0.2) is 48.5 Å². The lowest BCUT2D eigenvalue weighted by Crippen LogP contribution is -2.56. The molecule has 0 aromatic heterocycles. The summed E-state index contributed by atoms with van der Waals surface area (Å²) in [6.07, 6.45) is 1.92. The lowest BCUT2D eigenvalue weighted by atomic mass is 9.96. The third-order valence-corrected chi connectivity index (χ3v) is 6.16. The zero-order chi connectivity index (χ0) is 22.7. The Bertz CT molecular complexity index is 894. The monoisotopic (exact) mass is 442 g/mol. The van der Waals surface area contributed by atoms with Crippen molar-refractivity contribution in [2.45, 2.75) is 37.9 Å². The first-order valence-corrected chi connectivity index (χ1v) is 11.0. The first-order chi connectivity index (χ1) is 15.4. The van der Waals surface area contributed by atoms with E-state index in [1.165, 1.54) is 24.3 Å². The van der Waals surface area contributed by atoms with Crippen molar-refractivity contribution in [1.82, 2.24) is 20.4 Å². The van der Waals surface area contributed by atoms with Gasteiger partial charge in [-0.15, -0.1) is 0 Å². The maximum Gasteiger partial charge on any atom is 0.321 e. The predicted molar refractivity (Wildman–Crippen MR) is 117 cm³/mol. The van der Waals surface area contributed by atoms with E-state index in [2.05, 4.69) is 15.5 Å². The summed E-state index contributed by atoms with van der Waals surface area (Å²) in [5.74, 6) is -0.922. The lowest BCUT2D eigenvalue weighted by molar-refractivity contribution is -0.125. The Morgan fingerprint density at radius 1 is 0.844 bits per heavy atom. The van der Waals surface area contributed by atoms with Gasteiger partial charge in [0.25, 0.3) is 0 Å². The van der Waals surface area contributed by atoms with Gasteiger partial charge in [-0.25, -0.2) is 13.6 Å². The molecule has 2 N–H and O–H groups in total. The van der Waals surface area contributed by atoms with Gasteiger partial charge < -0.3 is 5.32 Å². The Hall–Kier alpha value is -2.84. The average molecular weight is 443 g/mol. The number of imide groups is 1. The Morgan fingerprint density at radius 2 is 1.31 bits per heavy atom. The van der Waals surface area contributed by atoms with Crippen LogP contribution in [0, 0.1) is 11.6 Å². The summed E-state index contributed by atoms with van der Waals surface area (Å²) in [7, 11) is 0. The van der Waals surface area contributed by atoms with Gasteiger partial charge in [0.1, 0.15) is 11.6 Å². The van der Waals surface area contributed by atoms with Gasteiger partial charge in [0.05, 0.1) is 12.1 Å². The van der Waals surface area contributed by atoms with Gasteiger partial charge in [-0.1, -0.05) is 24.3 Å². The van der Waals surface area contributed by atoms with Crippen LogP contribution in [0.2, 0.25) is 0 Å². The first-order valence-electron chi connectivity index (χ1n) is 11.0. The van der Waals surface area contributed by atoms with E-state index in [9.17, 15) is 18.4 Å². The number of carbonyl (C=O) groups is 2. The lowest BCUT2D eigenvalue weighted by Gasteiger charge is -2.41. The van der Waals surface area contributed by atoms with E-state index in [1.54, 1.807) is 31.2 Å². The summed E-state index contributed by atoms with van der Waals surface area (Å²) in [6.45, 7) is 4.42. The standard InChI is InChI=1S/C24H28F2N4O2/c1-16(23(31)28-24(32)27-21-10-11-21)29-12-14-30(15-13-29)22(17-2-6-19(25)7-3-17)18-4-8-20(26)9-5-18/h2-9,16,21-22H,10-15H2,1H3,(H2,27,28,31,32). The number of halogens is 2. The normalized spacial score (nSPS) is 18.4. The van der Waals surface area contributed by atoms with Gasteiger partial charge in [-0.05, 0) is 55.2 Å². The summed E-state index contributed by atoms with van der Waals surface area (Å²) in [5.41, 5.74) is 1.85. The highest BCUT2D eigenvalue weighted by molar-refractivity contribution is 5.97. The van der Waals surface area contributed by atoms with Crippen molar-refractivity contribution in [2.24, 2.45) is 0 Å². The van der Waals surface area contributed by atoms with E-state index < -0.39 is 12.1 Å². The second kappa shape index (κ2) is 9.75. The summed E-state index contributed by atoms with van der Waals surface area (Å²) >= 11 is 0. The zero-order valence-corrected chi connectivity index (χ0v) is 18.1. The highest BCUT2D eigenvalue weighted by Crippen LogP contribution is 2.30. The molecule has 1 saturated heterocycles. The number of urea groups is 1. The van der Waals surface area contributed by atoms with Crippen LogP contribution in [0.3, 0.4) is 0 Å². The Morgan fingerprint density at radius 3 is 1.78 bits per heavy atom. The van der Waals surface area contributed by atoms with E-state index in [0.717, 1.165) is 24.0 Å². The van der Waals surface area contributed by atoms with Gasteiger partial charge in [-0.2, -0.15) is 0 Å². The number of nitrogens with one attached hydrogen (secondary N) is 2. The molecular formula is C24H28F2N4O2. The van der Waals surface area contributed by atoms with Crippen LogP contribution in [0.5, 0.6) is 0 Å². The Kier molecular flexibility index (Phi) is 6.81. The number of nitrogens with zero attached hydrogens (tertiary/aromatic N) is 2. The van der Waals surface area contributed by atoms with Crippen LogP contribution in [0.25, 0.3) is 0 Å². The van der Waals surface area contributed by atoms with Crippen molar-refractivity contribution in [3.05, 3.63) is 71.3 Å². The van der Waals surface area contributed by atoms with Gasteiger partial charge in [0.15, 0.2) is 0 Å². The van der Waals surface area contributed by atoms with Crippen LogP contribution in [-0.4, -0.2) is 60.0 Å². The molecule has 2 fully saturated rings. The molecule has 2 aliphatic rings. The summed E-state index contributed by atoms with van der Waals surface area (Å²) in [4.78, 5) is 28.6. The third-order valence-electron chi connectivity index (χ3n) is 6.16. The van der Waals surface area contributed by atoms with Crippen molar-refractivity contribution in [2.75, 3.05) is 26.2 Å². The highest BCUT2D eigenvalue weighted by atomic mass is 19.1. The van der Waals surface area contributed by atoms with E-state index >= 15 is 0 Å². The molecule has 1 atom stereocenters. The molecule has 4 rings (SSSR count). The second-order valence-electron chi connectivity index (χ2n) is 8.49. The molecule has 3 amide bonds. The van der Waals surface area contributed by atoms with Crippen LogP contribution in [0.4, 0.5) is 13.6 Å². The fraction of sp³-hybridized carbons (Fsp3) is 0.417. The van der Waals surface area contributed by atoms with E-state index in [-0.39, 0.29) is 29.6 Å². The predicted octanol–water partition coefficient (Wildman–Crippen LogP) is 3.05. The summed E-state index contributed by atoms with van der Waals surface area (Å²) in [6, 6.07) is 11.9. The quantitative estimate of drug-likeness (QED) is 0.722. The summed E-state index contributed by atoms with van der Waals surface area (Å²) < 4.78 is 27.0.